The maximum absolute atomic E-state index is 11.2. The van der Waals surface area contributed by atoms with Crippen LogP contribution in [0.4, 0.5) is 0 Å². The quantitative estimate of drug-likeness (QED) is 0.746. The Kier molecular flexibility index (Phi) is 4.28. The second kappa shape index (κ2) is 5.27. The fourth-order valence-electron chi connectivity index (χ4n) is 1.23. The number of nitrogens with one attached hydrogen (secondary N) is 1. The van der Waals surface area contributed by atoms with Crippen molar-refractivity contribution in [3.8, 4) is 0 Å². The predicted molar refractivity (Wildman–Crippen MR) is 53.5 cm³/mol. The Balaban J connectivity index is 2.23. The minimum absolute atomic E-state index is 0.0164. The Morgan fingerprint density at radius 2 is 2.46 bits per heavy atom. The van der Waals surface area contributed by atoms with Crippen LogP contribution < -0.4 is 5.32 Å². The molecule has 4 heteroatoms. The minimum atomic E-state index is -0.214. The van der Waals surface area contributed by atoms with Crippen molar-refractivity contribution in [1.82, 2.24) is 5.32 Å². The van der Waals surface area contributed by atoms with Gasteiger partial charge in [-0.15, -0.1) is 0 Å². The zero-order valence-electron chi connectivity index (χ0n) is 7.84. The van der Waals surface area contributed by atoms with Gasteiger partial charge in [0.15, 0.2) is 0 Å². The van der Waals surface area contributed by atoms with Gasteiger partial charge in [-0.1, -0.05) is 25.1 Å². The lowest BCUT2D eigenvalue weighted by Crippen LogP contribution is -2.36. The number of hydrogen-bond donors (Lipinski definition) is 1. The maximum atomic E-state index is 11.2. The molecule has 0 saturated carbocycles. The van der Waals surface area contributed by atoms with Crippen molar-refractivity contribution in [3.05, 3.63) is 0 Å². The second-order valence-electron chi connectivity index (χ2n) is 3.18. The highest BCUT2D eigenvalue weighted by atomic mass is 32.2. The predicted octanol–water partition coefficient (Wildman–Crippen LogP) is 1.32. The minimum Gasteiger partial charge on any atom is -0.345 e. The van der Waals surface area contributed by atoms with E-state index in [2.05, 4.69) is 5.32 Å². The molecule has 1 N–H and O–H groups in total. The smallest absolute Gasteiger partial charge is 0.220 e. The summed E-state index contributed by atoms with van der Waals surface area (Å²) in [5, 5.41) is 2.87. The van der Waals surface area contributed by atoms with Crippen molar-refractivity contribution in [3.63, 3.8) is 0 Å². The van der Waals surface area contributed by atoms with Crippen LogP contribution >= 0.6 is 11.8 Å². The molecule has 1 aliphatic rings. The van der Waals surface area contributed by atoms with E-state index in [1.54, 1.807) is 0 Å². The van der Waals surface area contributed by atoms with E-state index in [1.165, 1.54) is 11.8 Å². The van der Waals surface area contributed by atoms with Gasteiger partial charge in [-0.2, -0.15) is 0 Å². The molecule has 1 heterocycles. The third-order valence-electron chi connectivity index (χ3n) is 2.03. The largest absolute Gasteiger partial charge is 0.345 e. The van der Waals surface area contributed by atoms with Gasteiger partial charge in [0.25, 0.3) is 0 Å². The van der Waals surface area contributed by atoms with Crippen LogP contribution in [0.2, 0.25) is 0 Å². The van der Waals surface area contributed by atoms with E-state index in [-0.39, 0.29) is 17.1 Å². The molecule has 1 atom stereocenters. The number of carbonyl (C=O) groups excluding carboxylic acids is 2. The number of amides is 1. The van der Waals surface area contributed by atoms with Crippen LogP contribution in [-0.2, 0) is 9.59 Å². The SMILES string of the molecule is CCCCC(=O)N[C@H]1CCSC1=O. The fourth-order valence-corrected chi connectivity index (χ4v) is 2.16. The molecule has 0 radical (unpaired) electrons. The Bertz CT molecular complexity index is 206. The highest BCUT2D eigenvalue weighted by Gasteiger charge is 2.26. The molecule has 0 aromatic rings. The van der Waals surface area contributed by atoms with Crippen LogP contribution in [0.1, 0.15) is 32.6 Å². The molecule has 13 heavy (non-hydrogen) atoms. The summed E-state index contributed by atoms with van der Waals surface area (Å²) < 4.78 is 0. The summed E-state index contributed by atoms with van der Waals surface area (Å²) in [6.07, 6.45) is 3.26. The Hall–Kier alpha value is -0.510. The monoisotopic (exact) mass is 201 g/mol. The first-order valence-electron chi connectivity index (χ1n) is 4.70. The average molecular weight is 201 g/mol. The number of unbranched alkanes of at least 4 members (excludes halogenated alkanes) is 1. The lowest BCUT2D eigenvalue weighted by atomic mass is 10.2. The summed E-state index contributed by atoms with van der Waals surface area (Å²) >= 11 is 1.32. The van der Waals surface area contributed by atoms with E-state index in [0.29, 0.717) is 6.42 Å². The molecule has 1 aliphatic heterocycles. The van der Waals surface area contributed by atoms with Gasteiger partial charge < -0.3 is 5.32 Å². The van der Waals surface area contributed by atoms with Crippen LogP contribution in [0.15, 0.2) is 0 Å². The fraction of sp³-hybridized carbons (Fsp3) is 0.778. The first-order chi connectivity index (χ1) is 6.24. The number of carbonyl (C=O) groups is 2. The number of thioether (sulfide) groups is 1. The highest BCUT2D eigenvalue weighted by Crippen LogP contribution is 2.19. The van der Waals surface area contributed by atoms with Gasteiger partial charge >= 0.3 is 0 Å². The van der Waals surface area contributed by atoms with Gasteiger partial charge in [-0.3, -0.25) is 9.59 Å². The molecule has 1 amide bonds. The molecule has 74 valence electrons. The zero-order valence-corrected chi connectivity index (χ0v) is 8.65. The van der Waals surface area contributed by atoms with Gasteiger partial charge in [0.2, 0.25) is 11.0 Å². The molecule has 3 nitrogen and oxygen atoms in total. The summed E-state index contributed by atoms with van der Waals surface area (Å²) in [5.41, 5.74) is 0. The number of hydrogen-bond acceptors (Lipinski definition) is 3. The topological polar surface area (TPSA) is 46.2 Å². The lowest BCUT2D eigenvalue weighted by Gasteiger charge is -2.09. The van der Waals surface area contributed by atoms with Crippen LogP contribution in [0, 0.1) is 0 Å². The molecule has 0 bridgehead atoms. The van der Waals surface area contributed by atoms with E-state index in [4.69, 9.17) is 0 Å². The summed E-state index contributed by atoms with van der Waals surface area (Å²) in [6.45, 7) is 2.05. The zero-order chi connectivity index (χ0) is 9.68. The second-order valence-corrected chi connectivity index (χ2v) is 4.28. The van der Waals surface area contributed by atoms with Gasteiger partial charge in [0.1, 0.15) is 0 Å². The summed E-state index contributed by atoms with van der Waals surface area (Å²) in [7, 11) is 0. The van der Waals surface area contributed by atoms with Crippen molar-refractivity contribution in [2.45, 2.75) is 38.6 Å². The van der Waals surface area contributed by atoms with Gasteiger partial charge in [0.05, 0.1) is 6.04 Å². The molecule has 0 unspecified atom stereocenters. The normalized spacial score (nSPS) is 21.9. The first-order valence-corrected chi connectivity index (χ1v) is 5.68. The summed E-state index contributed by atoms with van der Waals surface area (Å²) in [6, 6.07) is -0.214. The molecular formula is C9H15NO2S. The summed E-state index contributed by atoms with van der Waals surface area (Å²) in [4.78, 5) is 22.4. The van der Waals surface area contributed by atoms with Crippen molar-refractivity contribution in [2.24, 2.45) is 0 Å². The van der Waals surface area contributed by atoms with Gasteiger partial charge in [-0.05, 0) is 12.8 Å². The molecule has 0 aromatic carbocycles. The molecule has 0 aromatic heterocycles. The van der Waals surface area contributed by atoms with Crippen molar-refractivity contribution >= 4 is 22.8 Å². The Labute approximate surface area is 82.6 Å². The van der Waals surface area contributed by atoms with E-state index < -0.39 is 0 Å². The molecule has 1 fully saturated rings. The van der Waals surface area contributed by atoms with E-state index in [1.807, 2.05) is 6.92 Å². The molecule has 1 saturated heterocycles. The average Bonchev–Trinajstić information content (AvgIpc) is 2.48. The maximum Gasteiger partial charge on any atom is 0.220 e. The standard InChI is InChI=1S/C9H15NO2S/c1-2-3-4-8(11)10-7-5-6-13-9(7)12/h7H,2-6H2,1H3,(H,10,11)/t7-/m0/s1. The summed E-state index contributed by atoms with van der Waals surface area (Å²) in [5.74, 6) is 0.861. The van der Waals surface area contributed by atoms with Crippen molar-refractivity contribution in [2.75, 3.05) is 5.75 Å². The Morgan fingerprint density at radius 1 is 1.69 bits per heavy atom. The third kappa shape index (κ3) is 3.38. The Morgan fingerprint density at radius 3 is 3.00 bits per heavy atom. The van der Waals surface area contributed by atoms with Gasteiger partial charge in [-0.25, -0.2) is 0 Å². The van der Waals surface area contributed by atoms with E-state index in [0.717, 1.165) is 25.0 Å². The number of rotatable bonds is 4. The van der Waals surface area contributed by atoms with Crippen LogP contribution in [0.3, 0.4) is 0 Å². The molecular weight excluding hydrogens is 186 g/mol. The van der Waals surface area contributed by atoms with Crippen LogP contribution in [-0.4, -0.2) is 22.8 Å². The molecule has 1 rings (SSSR count). The van der Waals surface area contributed by atoms with E-state index >= 15 is 0 Å². The van der Waals surface area contributed by atoms with E-state index in [9.17, 15) is 9.59 Å². The highest BCUT2D eigenvalue weighted by molar-refractivity contribution is 8.14. The first kappa shape index (κ1) is 10.6. The van der Waals surface area contributed by atoms with Crippen molar-refractivity contribution < 1.29 is 9.59 Å². The van der Waals surface area contributed by atoms with Gasteiger partial charge in [0, 0.05) is 12.2 Å². The lowest BCUT2D eigenvalue weighted by molar-refractivity contribution is -0.124. The third-order valence-corrected chi connectivity index (χ3v) is 3.04. The van der Waals surface area contributed by atoms with Crippen LogP contribution in [0.25, 0.3) is 0 Å². The van der Waals surface area contributed by atoms with Crippen molar-refractivity contribution in [1.29, 1.82) is 0 Å². The molecule has 0 aliphatic carbocycles. The van der Waals surface area contributed by atoms with Crippen LogP contribution in [0.5, 0.6) is 0 Å². The molecule has 0 spiro atoms.